The number of carbonyl (C=O) groups is 7. The Balaban J connectivity index is 1.65. The minimum atomic E-state index is -0.944. The first-order valence-corrected chi connectivity index (χ1v) is 13.0. The summed E-state index contributed by atoms with van der Waals surface area (Å²) < 4.78 is 0. The summed E-state index contributed by atoms with van der Waals surface area (Å²) in [6.45, 7) is 2.54. The number of unbranched alkanes of at least 4 members (excludes halogenated alkanes) is 2. The molecule has 39 heavy (non-hydrogen) atoms. The fourth-order valence-electron chi connectivity index (χ4n) is 3.96. The summed E-state index contributed by atoms with van der Waals surface area (Å²) in [6.07, 6.45) is 2.42. The molecule has 12 nitrogen and oxygen atoms in total. The molecule has 12 heteroatoms. The second-order valence-corrected chi connectivity index (χ2v) is 9.58. The molecule has 0 bridgehead atoms. The Kier molecular flexibility index (Phi) is 12.8. The van der Waals surface area contributed by atoms with Crippen LogP contribution in [0.1, 0.15) is 51.5 Å². The van der Waals surface area contributed by atoms with Gasteiger partial charge in [-0.25, -0.2) is 0 Å². The zero-order chi connectivity index (χ0) is 28.8. The summed E-state index contributed by atoms with van der Waals surface area (Å²) in [4.78, 5) is 85.1. The third kappa shape index (κ3) is 11.5. The number of nitrogens with zero attached hydrogens (tertiary/aromatic N) is 1. The molecule has 1 heterocycles. The number of nitrogens with one attached hydrogen (secondary N) is 4. The van der Waals surface area contributed by atoms with Crippen LogP contribution < -0.4 is 21.3 Å². The maximum Gasteiger partial charge on any atom is 0.243 e. The van der Waals surface area contributed by atoms with Crippen molar-refractivity contribution in [2.45, 2.75) is 58.4 Å². The molecule has 0 aromatic heterocycles. The molecular weight excluding hydrogens is 506 g/mol. The molecule has 0 spiro atoms. The molecule has 0 saturated carbocycles. The van der Waals surface area contributed by atoms with Crippen molar-refractivity contribution in [2.24, 2.45) is 5.92 Å². The summed E-state index contributed by atoms with van der Waals surface area (Å²) in [6, 6.07) is 8.09. The number of carbonyl (C=O) groups excluding carboxylic acids is 7. The molecule has 1 saturated heterocycles. The van der Waals surface area contributed by atoms with Gasteiger partial charge in [-0.15, -0.1) is 0 Å². The lowest BCUT2D eigenvalue weighted by Crippen LogP contribution is -2.51. The lowest BCUT2D eigenvalue weighted by molar-refractivity contribution is -0.139. The number of hydrogen-bond donors (Lipinski definition) is 4. The topological polar surface area (TPSA) is 171 Å². The van der Waals surface area contributed by atoms with Crippen LogP contribution in [0.2, 0.25) is 0 Å². The average Bonchev–Trinajstić information content (AvgIpc) is 3.14. The summed E-state index contributed by atoms with van der Waals surface area (Å²) in [5.74, 6) is -2.83. The van der Waals surface area contributed by atoms with Crippen LogP contribution in [0.5, 0.6) is 0 Å². The molecule has 6 amide bonds. The van der Waals surface area contributed by atoms with Crippen LogP contribution in [0.25, 0.3) is 0 Å². The molecule has 1 aromatic carbocycles. The Bertz CT molecular complexity index is 1060. The summed E-state index contributed by atoms with van der Waals surface area (Å²) in [5, 5.41) is 9.92. The minimum Gasteiger partial charge on any atom is -0.347 e. The fourth-order valence-corrected chi connectivity index (χ4v) is 3.96. The van der Waals surface area contributed by atoms with E-state index in [4.69, 9.17) is 0 Å². The number of likely N-dealkylation sites (tertiary alicyclic amines) is 1. The van der Waals surface area contributed by atoms with Gasteiger partial charge in [0.2, 0.25) is 35.4 Å². The average molecular weight is 544 g/mol. The number of hydrogen-bond acceptors (Lipinski definition) is 7. The highest BCUT2D eigenvalue weighted by Crippen LogP contribution is 2.19. The van der Waals surface area contributed by atoms with E-state index >= 15 is 0 Å². The highest BCUT2D eigenvalue weighted by atomic mass is 16.2. The summed E-state index contributed by atoms with van der Waals surface area (Å²) in [5.41, 5.74) is 0.806. The van der Waals surface area contributed by atoms with E-state index in [1.165, 1.54) is 11.8 Å². The molecule has 212 valence electrons. The first-order valence-electron chi connectivity index (χ1n) is 13.0. The SMILES string of the molecule is CC(=O)CNC(=O)C(Cc1ccccc1)NC(=O)CNC(=O)CNC(=O)CCCCCN1C(=O)CC(C)C1=O. The Morgan fingerprint density at radius 2 is 1.54 bits per heavy atom. The van der Waals surface area contributed by atoms with Crippen LogP contribution in [0.4, 0.5) is 0 Å². The first kappa shape index (κ1) is 31.1. The number of imide groups is 1. The normalized spacial score (nSPS) is 15.4. The Hall–Kier alpha value is -4.09. The van der Waals surface area contributed by atoms with Gasteiger partial charge in [0.05, 0.1) is 19.6 Å². The van der Waals surface area contributed by atoms with E-state index in [0.717, 1.165) is 5.56 Å². The fraction of sp³-hybridized carbons (Fsp3) is 0.519. The highest BCUT2D eigenvalue weighted by Gasteiger charge is 2.34. The molecule has 0 aliphatic carbocycles. The highest BCUT2D eigenvalue weighted by molar-refractivity contribution is 6.03. The van der Waals surface area contributed by atoms with Gasteiger partial charge in [-0.3, -0.25) is 38.5 Å². The van der Waals surface area contributed by atoms with Gasteiger partial charge in [-0.1, -0.05) is 43.7 Å². The van der Waals surface area contributed by atoms with E-state index in [0.29, 0.717) is 25.8 Å². The lowest BCUT2D eigenvalue weighted by Gasteiger charge is -2.18. The van der Waals surface area contributed by atoms with Gasteiger partial charge in [0.1, 0.15) is 11.8 Å². The first-order chi connectivity index (χ1) is 18.6. The minimum absolute atomic E-state index is 0.152. The third-order valence-electron chi connectivity index (χ3n) is 6.09. The molecule has 1 aromatic rings. The summed E-state index contributed by atoms with van der Waals surface area (Å²) in [7, 11) is 0. The Labute approximate surface area is 227 Å². The van der Waals surface area contributed by atoms with Crippen LogP contribution in [0.15, 0.2) is 30.3 Å². The van der Waals surface area contributed by atoms with E-state index < -0.39 is 30.3 Å². The van der Waals surface area contributed by atoms with Crippen molar-refractivity contribution in [1.82, 2.24) is 26.2 Å². The van der Waals surface area contributed by atoms with Gasteiger partial charge < -0.3 is 21.3 Å². The maximum absolute atomic E-state index is 12.5. The van der Waals surface area contributed by atoms with Crippen molar-refractivity contribution in [3.05, 3.63) is 35.9 Å². The van der Waals surface area contributed by atoms with E-state index in [-0.39, 0.29) is 61.8 Å². The van der Waals surface area contributed by atoms with Gasteiger partial charge in [-0.2, -0.15) is 0 Å². The van der Waals surface area contributed by atoms with Gasteiger partial charge in [0.15, 0.2) is 0 Å². The number of benzene rings is 1. The number of rotatable bonds is 16. The molecule has 2 atom stereocenters. The van der Waals surface area contributed by atoms with Gasteiger partial charge >= 0.3 is 0 Å². The lowest BCUT2D eigenvalue weighted by atomic mass is 10.1. The molecule has 1 aliphatic heterocycles. The Morgan fingerprint density at radius 1 is 0.872 bits per heavy atom. The van der Waals surface area contributed by atoms with Crippen molar-refractivity contribution >= 4 is 41.2 Å². The van der Waals surface area contributed by atoms with E-state index in [1.807, 2.05) is 6.07 Å². The van der Waals surface area contributed by atoms with Crippen LogP contribution in [0.3, 0.4) is 0 Å². The van der Waals surface area contributed by atoms with Gasteiger partial charge in [0.25, 0.3) is 0 Å². The molecule has 1 aliphatic rings. The molecular formula is C27H37N5O7. The van der Waals surface area contributed by atoms with E-state index in [1.54, 1.807) is 31.2 Å². The zero-order valence-corrected chi connectivity index (χ0v) is 22.4. The van der Waals surface area contributed by atoms with Crippen molar-refractivity contribution in [3.63, 3.8) is 0 Å². The largest absolute Gasteiger partial charge is 0.347 e. The predicted molar refractivity (Wildman–Crippen MR) is 141 cm³/mol. The second-order valence-electron chi connectivity index (χ2n) is 9.58. The van der Waals surface area contributed by atoms with E-state index in [2.05, 4.69) is 21.3 Å². The maximum atomic E-state index is 12.5. The van der Waals surface area contributed by atoms with Crippen LogP contribution >= 0.6 is 0 Å². The third-order valence-corrected chi connectivity index (χ3v) is 6.09. The van der Waals surface area contributed by atoms with Crippen molar-refractivity contribution < 1.29 is 33.6 Å². The van der Waals surface area contributed by atoms with Crippen LogP contribution in [-0.2, 0) is 40.0 Å². The monoisotopic (exact) mass is 543 g/mol. The second kappa shape index (κ2) is 16.0. The summed E-state index contributed by atoms with van der Waals surface area (Å²) >= 11 is 0. The number of amides is 6. The molecule has 4 N–H and O–H groups in total. The standard InChI is InChI=1S/C27H37N5O7/c1-18-13-25(37)32(27(18)39)12-8-4-7-11-22(34)28-16-23(35)29-17-24(36)31-21(26(38)30-15-19(2)33)14-20-9-5-3-6-10-20/h3,5-6,9-10,18,21H,4,7-8,11-17H2,1-2H3,(H,28,34)(H,29,35)(H,30,38)(H,31,36). The molecule has 2 unspecified atom stereocenters. The zero-order valence-electron chi connectivity index (χ0n) is 22.4. The van der Waals surface area contributed by atoms with Crippen LogP contribution in [-0.4, -0.2) is 78.3 Å². The van der Waals surface area contributed by atoms with Crippen molar-refractivity contribution in [2.75, 3.05) is 26.2 Å². The molecule has 1 fully saturated rings. The quantitative estimate of drug-likeness (QED) is 0.162. The van der Waals surface area contributed by atoms with Crippen molar-refractivity contribution in [1.29, 1.82) is 0 Å². The van der Waals surface area contributed by atoms with Gasteiger partial charge in [0, 0.05) is 31.7 Å². The molecule has 0 radical (unpaired) electrons. The number of Topliss-reactive ketones (excluding diaryl/α,β-unsaturated/α-hetero) is 1. The Morgan fingerprint density at radius 3 is 2.18 bits per heavy atom. The smallest absolute Gasteiger partial charge is 0.243 e. The van der Waals surface area contributed by atoms with E-state index in [9.17, 15) is 33.6 Å². The number of ketones is 1. The predicted octanol–water partition coefficient (Wildman–Crippen LogP) is -0.393. The van der Waals surface area contributed by atoms with Crippen molar-refractivity contribution in [3.8, 4) is 0 Å². The van der Waals surface area contributed by atoms with Crippen LogP contribution in [0, 0.1) is 5.92 Å². The van der Waals surface area contributed by atoms with Gasteiger partial charge in [-0.05, 0) is 25.3 Å². The molecule has 2 rings (SSSR count).